The molecular weight excluding hydrogens is 386 g/mol. The average molecular weight is 410 g/mol. The van der Waals surface area contributed by atoms with Crippen LogP contribution < -0.4 is 15.2 Å². The Hall–Kier alpha value is -2.23. The number of nitrogens with one attached hydrogen (secondary N) is 2. The molecule has 0 aliphatic carbocycles. The second kappa shape index (κ2) is 9.12. The molecule has 2 aromatic carbocycles. The topological polar surface area (TPSA) is 118 Å². The molecule has 0 spiro atoms. The van der Waals surface area contributed by atoms with Gasteiger partial charge < -0.3 is 10.0 Å². The van der Waals surface area contributed by atoms with Crippen molar-refractivity contribution in [1.82, 2.24) is 5.32 Å². The van der Waals surface area contributed by atoms with E-state index in [9.17, 15) is 17.4 Å². The summed E-state index contributed by atoms with van der Waals surface area (Å²) in [5.74, 6) is -0.215. The highest BCUT2D eigenvalue weighted by molar-refractivity contribution is 7.89. The standard InChI is InChI=1S/C18H23N3O4S2/c1-13(2)26(23)21-16-7-5-15(6-8-16)18(22)20-12-11-14-3-9-17(10-4-14)27(19,24)25/h3-10,13,21H,11-12H2,1-2H3,(H,20,22)(H2,19,24,25). The Morgan fingerprint density at radius 1 is 1.07 bits per heavy atom. The van der Waals surface area contributed by atoms with E-state index >= 15 is 0 Å². The van der Waals surface area contributed by atoms with Crippen molar-refractivity contribution in [2.75, 3.05) is 11.3 Å². The van der Waals surface area contributed by atoms with Gasteiger partial charge in [-0.3, -0.25) is 4.79 Å². The van der Waals surface area contributed by atoms with Crippen molar-refractivity contribution in [2.24, 2.45) is 5.14 Å². The van der Waals surface area contributed by atoms with Crippen molar-refractivity contribution in [3.8, 4) is 0 Å². The maximum Gasteiger partial charge on any atom is 0.251 e. The summed E-state index contributed by atoms with van der Waals surface area (Å²) in [5.41, 5.74) is 2.08. The fourth-order valence-electron chi connectivity index (χ4n) is 2.19. The molecule has 0 radical (unpaired) electrons. The van der Waals surface area contributed by atoms with Crippen molar-refractivity contribution < 1.29 is 17.4 Å². The lowest BCUT2D eigenvalue weighted by Crippen LogP contribution is -2.25. The van der Waals surface area contributed by atoms with Crippen LogP contribution in [0.25, 0.3) is 0 Å². The molecule has 0 saturated carbocycles. The molecule has 0 aliphatic heterocycles. The first-order valence-electron chi connectivity index (χ1n) is 8.34. The number of amides is 1. The first-order chi connectivity index (χ1) is 12.7. The lowest BCUT2D eigenvalue weighted by molar-refractivity contribution is 0.0954. The maximum atomic E-state index is 12.2. The van der Waals surface area contributed by atoms with Crippen molar-refractivity contribution in [2.45, 2.75) is 30.4 Å². The number of hydrogen-bond acceptors (Lipinski definition) is 4. The number of rotatable bonds is 8. The molecule has 4 N–H and O–H groups in total. The van der Waals surface area contributed by atoms with E-state index in [1.807, 2.05) is 13.8 Å². The Kier molecular flexibility index (Phi) is 7.11. The van der Waals surface area contributed by atoms with Crippen LogP contribution in [0.4, 0.5) is 5.69 Å². The zero-order valence-electron chi connectivity index (χ0n) is 15.1. The lowest BCUT2D eigenvalue weighted by atomic mass is 10.1. The summed E-state index contributed by atoms with van der Waals surface area (Å²) in [6, 6.07) is 13.0. The Balaban J connectivity index is 1.86. The summed E-state index contributed by atoms with van der Waals surface area (Å²) in [6.45, 7) is 4.12. The largest absolute Gasteiger partial charge is 0.352 e. The third kappa shape index (κ3) is 6.46. The van der Waals surface area contributed by atoms with Gasteiger partial charge in [0, 0.05) is 23.0 Å². The SMILES string of the molecule is CC(C)S(=O)Nc1ccc(C(=O)NCCc2ccc(S(N)(=O)=O)cc2)cc1. The van der Waals surface area contributed by atoms with Gasteiger partial charge in [0.15, 0.2) is 0 Å². The van der Waals surface area contributed by atoms with Crippen LogP contribution in [0.15, 0.2) is 53.4 Å². The molecule has 7 nitrogen and oxygen atoms in total. The van der Waals surface area contributed by atoms with Crippen LogP contribution in [-0.4, -0.2) is 30.3 Å². The smallest absolute Gasteiger partial charge is 0.251 e. The van der Waals surface area contributed by atoms with E-state index in [2.05, 4.69) is 10.0 Å². The molecule has 0 aromatic heterocycles. The second-order valence-electron chi connectivity index (χ2n) is 6.22. The van der Waals surface area contributed by atoms with Gasteiger partial charge in [-0.05, 0) is 62.2 Å². The van der Waals surface area contributed by atoms with Gasteiger partial charge in [0.1, 0.15) is 11.0 Å². The zero-order chi connectivity index (χ0) is 20.0. The molecule has 1 amide bonds. The van der Waals surface area contributed by atoms with Gasteiger partial charge in [-0.15, -0.1) is 0 Å². The fraction of sp³-hybridized carbons (Fsp3) is 0.278. The van der Waals surface area contributed by atoms with Gasteiger partial charge in [0.25, 0.3) is 5.91 Å². The van der Waals surface area contributed by atoms with Gasteiger partial charge in [-0.25, -0.2) is 17.8 Å². The first kappa shape index (κ1) is 21.1. The molecule has 0 saturated heterocycles. The molecule has 1 atom stereocenters. The predicted octanol–water partition coefficient (Wildman–Crippen LogP) is 1.79. The van der Waals surface area contributed by atoms with Crippen molar-refractivity contribution in [3.05, 3.63) is 59.7 Å². The number of carbonyl (C=O) groups excluding carboxylic acids is 1. The Bertz CT molecular complexity index is 909. The quantitative estimate of drug-likeness (QED) is 0.616. The molecule has 146 valence electrons. The van der Waals surface area contributed by atoms with E-state index in [4.69, 9.17) is 5.14 Å². The molecule has 0 aliphatic rings. The minimum atomic E-state index is -3.70. The van der Waals surface area contributed by atoms with E-state index in [0.717, 1.165) is 5.56 Å². The van der Waals surface area contributed by atoms with Gasteiger partial charge >= 0.3 is 0 Å². The predicted molar refractivity (Wildman–Crippen MR) is 107 cm³/mol. The minimum Gasteiger partial charge on any atom is -0.352 e. The van der Waals surface area contributed by atoms with Crippen LogP contribution in [-0.2, 0) is 27.4 Å². The number of nitrogens with two attached hydrogens (primary N) is 1. The van der Waals surface area contributed by atoms with Gasteiger partial charge in [-0.2, -0.15) is 0 Å². The van der Waals surface area contributed by atoms with Crippen LogP contribution in [0.3, 0.4) is 0 Å². The average Bonchev–Trinajstić information content (AvgIpc) is 2.61. The Morgan fingerprint density at radius 3 is 2.19 bits per heavy atom. The lowest BCUT2D eigenvalue weighted by Gasteiger charge is -2.10. The Labute approximate surface area is 162 Å². The monoisotopic (exact) mass is 409 g/mol. The number of carbonyl (C=O) groups is 1. The molecular formula is C18H23N3O4S2. The van der Waals surface area contributed by atoms with E-state index in [-0.39, 0.29) is 16.1 Å². The Morgan fingerprint density at radius 2 is 1.67 bits per heavy atom. The highest BCUT2D eigenvalue weighted by Crippen LogP contribution is 2.12. The third-order valence-corrected chi connectivity index (χ3v) is 5.97. The third-order valence-electron chi connectivity index (χ3n) is 3.74. The zero-order valence-corrected chi connectivity index (χ0v) is 16.8. The van der Waals surface area contributed by atoms with Crippen LogP contribution in [0.5, 0.6) is 0 Å². The minimum absolute atomic E-state index is 0.00741. The van der Waals surface area contributed by atoms with Crippen LogP contribution in [0.1, 0.15) is 29.8 Å². The number of anilines is 1. The summed E-state index contributed by atoms with van der Waals surface area (Å²) in [4.78, 5) is 12.2. The number of hydrogen-bond donors (Lipinski definition) is 3. The molecule has 0 heterocycles. The summed E-state index contributed by atoms with van der Waals surface area (Å²) >= 11 is 0. The van der Waals surface area contributed by atoms with Crippen LogP contribution >= 0.6 is 0 Å². The van der Waals surface area contributed by atoms with Crippen LogP contribution in [0.2, 0.25) is 0 Å². The van der Waals surface area contributed by atoms with Crippen molar-refractivity contribution in [1.29, 1.82) is 0 Å². The number of benzene rings is 2. The number of primary sulfonamides is 1. The summed E-state index contributed by atoms with van der Waals surface area (Å²) in [6.07, 6.45) is 0.559. The fourth-order valence-corrected chi connectivity index (χ4v) is 3.31. The van der Waals surface area contributed by atoms with E-state index in [1.165, 1.54) is 12.1 Å². The van der Waals surface area contributed by atoms with Gasteiger partial charge in [0.05, 0.1) is 4.90 Å². The van der Waals surface area contributed by atoms with E-state index in [1.54, 1.807) is 36.4 Å². The summed E-state index contributed by atoms with van der Waals surface area (Å²) in [7, 11) is -4.87. The number of sulfonamides is 1. The second-order valence-corrected chi connectivity index (χ2v) is 9.52. The molecule has 1 unspecified atom stereocenters. The summed E-state index contributed by atoms with van der Waals surface area (Å²) in [5, 5.41) is 7.86. The van der Waals surface area contributed by atoms with Gasteiger partial charge in [-0.1, -0.05) is 12.1 Å². The van der Waals surface area contributed by atoms with Crippen LogP contribution in [0, 0.1) is 0 Å². The maximum absolute atomic E-state index is 12.2. The molecule has 27 heavy (non-hydrogen) atoms. The van der Waals surface area contributed by atoms with E-state index in [0.29, 0.717) is 24.2 Å². The molecule has 0 fully saturated rings. The highest BCUT2D eigenvalue weighted by Gasteiger charge is 2.09. The first-order valence-corrected chi connectivity index (χ1v) is 11.1. The van der Waals surface area contributed by atoms with Crippen molar-refractivity contribution in [3.63, 3.8) is 0 Å². The molecule has 9 heteroatoms. The normalized spacial score (nSPS) is 12.6. The molecule has 2 aromatic rings. The van der Waals surface area contributed by atoms with Crippen molar-refractivity contribution >= 4 is 32.6 Å². The van der Waals surface area contributed by atoms with E-state index < -0.39 is 21.0 Å². The van der Waals surface area contributed by atoms with Gasteiger partial charge in [0.2, 0.25) is 10.0 Å². The molecule has 2 rings (SSSR count). The molecule has 0 bridgehead atoms. The summed E-state index contributed by atoms with van der Waals surface area (Å²) < 4.78 is 37.1. The highest BCUT2D eigenvalue weighted by atomic mass is 32.2.